The van der Waals surface area contributed by atoms with Gasteiger partial charge in [0.25, 0.3) is 5.91 Å². The Morgan fingerprint density at radius 2 is 2.07 bits per heavy atom. The molecule has 4 rings (SSSR count). The van der Waals surface area contributed by atoms with E-state index in [1.54, 1.807) is 0 Å². The molecule has 3 aliphatic rings. The number of rotatable bonds is 4. The average Bonchev–Trinajstić information content (AvgIpc) is 2.66. The number of piperidine rings is 3. The predicted molar refractivity (Wildman–Crippen MR) is 108 cm³/mol. The highest BCUT2D eigenvalue weighted by Crippen LogP contribution is 2.38. The molecular weight excluding hydrogens is 352 g/mol. The van der Waals surface area contributed by atoms with E-state index in [1.807, 2.05) is 43.0 Å². The maximum absolute atomic E-state index is 13.2. The highest BCUT2D eigenvalue weighted by Gasteiger charge is 2.44. The fourth-order valence-electron chi connectivity index (χ4n) is 5.27. The Balaban J connectivity index is 1.45. The first-order valence-corrected chi connectivity index (χ1v) is 10.7. The molecule has 0 spiro atoms. The molecule has 5 heteroatoms. The van der Waals surface area contributed by atoms with Crippen LogP contribution in [0.4, 0.5) is 0 Å². The molecule has 1 aromatic rings. The van der Waals surface area contributed by atoms with Gasteiger partial charge in [0, 0.05) is 37.7 Å². The van der Waals surface area contributed by atoms with Crippen LogP contribution in [0, 0.1) is 11.8 Å². The lowest BCUT2D eigenvalue weighted by Crippen LogP contribution is -2.61. The molecule has 0 aliphatic carbocycles. The van der Waals surface area contributed by atoms with Crippen molar-refractivity contribution < 1.29 is 14.7 Å². The quantitative estimate of drug-likeness (QED) is 0.868. The predicted octanol–water partition coefficient (Wildman–Crippen LogP) is 2.86. The second kappa shape index (κ2) is 7.51. The molecule has 3 saturated heterocycles. The number of hydrogen-bond acceptors (Lipinski definition) is 3. The van der Waals surface area contributed by atoms with Gasteiger partial charge in [0.05, 0.1) is 5.60 Å². The Hall–Kier alpha value is -1.88. The summed E-state index contributed by atoms with van der Waals surface area (Å²) in [5.74, 6) is 1.24. The lowest BCUT2D eigenvalue weighted by molar-refractivity contribution is -0.144. The van der Waals surface area contributed by atoms with Crippen LogP contribution < -0.4 is 0 Å². The summed E-state index contributed by atoms with van der Waals surface area (Å²) in [5.41, 5.74) is 1.13. The lowest BCUT2D eigenvalue weighted by atomic mass is 9.76. The average molecular weight is 385 g/mol. The van der Waals surface area contributed by atoms with Gasteiger partial charge in [-0.15, -0.1) is 0 Å². The molecule has 3 fully saturated rings. The van der Waals surface area contributed by atoms with Crippen molar-refractivity contribution in [2.24, 2.45) is 11.8 Å². The van der Waals surface area contributed by atoms with Gasteiger partial charge in [-0.2, -0.15) is 0 Å². The van der Waals surface area contributed by atoms with Crippen LogP contribution in [0.3, 0.4) is 0 Å². The largest absolute Gasteiger partial charge is 0.390 e. The molecule has 3 aliphatic heterocycles. The standard InChI is InChI=1S/C23H32N2O3/c1-23(2,28)10-9-16-5-3-6-18(11-16)22(27)24-13-17-12-19(15-24)20-7-4-8-21(26)25(20)14-17/h3,5-6,11,17,19-20,28H,4,7-10,12-15H2,1-2H3. The Kier molecular flexibility index (Phi) is 5.21. The molecular formula is C23H32N2O3. The first-order chi connectivity index (χ1) is 13.3. The third kappa shape index (κ3) is 4.09. The van der Waals surface area contributed by atoms with Gasteiger partial charge in [-0.05, 0) is 75.5 Å². The summed E-state index contributed by atoms with van der Waals surface area (Å²) in [4.78, 5) is 29.6. The van der Waals surface area contributed by atoms with E-state index in [-0.39, 0.29) is 5.91 Å². The number of aliphatic hydroxyl groups is 1. The second-order valence-electron chi connectivity index (χ2n) is 9.59. The van der Waals surface area contributed by atoms with E-state index in [2.05, 4.69) is 4.90 Å². The van der Waals surface area contributed by atoms with Crippen LogP contribution in [0.15, 0.2) is 24.3 Å². The van der Waals surface area contributed by atoms with Gasteiger partial charge < -0.3 is 14.9 Å². The highest BCUT2D eigenvalue weighted by atomic mass is 16.3. The van der Waals surface area contributed by atoms with Gasteiger partial charge in [0.1, 0.15) is 0 Å². The van der Waals surface area contributed by atoms with Crippen LogP contribution >= 0.6 is 0 Å². The van der Waals surface area contributed by atoms with Crippen molar-refractivity contribution in [2.75, 3.05) is 19.6 Å². The summed E-state index contributed by atoms with van der Waals surface area (Å²) in [6.07, 6.45) is 5.33. The van der Waals surface area contributed by atoms with E-state index in [9.17, 15) is 14.7 Å². The van der Waals surface area contributed by atoms with Crippen LogP contribution in [0.5, 0.6) is 0 Å². The molecule has 152 valence electrons. The van der Waals surface area contributed by atoms with E-state index in [0.29, 0.717) is 36.6 Å². The van der Waals surface area contributed by atoms with E-state index < -0.39 is 5.60 Å². The zero-order valence-corrected chi connectivity index (χ0v) is 17.1. The highest BCUT2D eigenvalue weighted by molar-refractivity contribution is 5.94. The van der Waals surface area contributed by atoms with Crippen molar-refractivity contribution in [1.82, 2.24) is 9.80 Å². The second-order valence-corrected chi connectivity index (χ2v) is 9.59. The Labute approximate surface area is 167 Å². The number of fused-ring (bicyclic) bond motifs is 4. The first-order valence-electron chi connectivity index (χ1n) is 10.7. The fraction of sp³-hybridized carbons (Fsp3) is 0.652. The zero-order chi connectivity index (χ0) is 19.9. The minimum Gasteiger partial charge on any atom is -0.390 e. The third-order valence-electron chi connectivity index (χ3n) is 6.67. The molecule has 3 heterocycles. The smallest absolute Gasteiger partial charge is 0.253 e. The van der Waals surface area contributed by atoms with Gasteiger partial charge >= 0.3 is 0 Å². The molecule has 5 nitrogen and oxygen atoms in total. The number of carbonyl (C=O) groups is 2. The van der Waals surface area contributed by atoms with Gasteiger partial charge in [-0.3, -0.25) is 9.59 Å². The molecule has 0 radical (unpaired) electrons. The maximum atomic E-state index is 13.2. The summed E-state index contributed by atoms with van der Waals surface area (Å²) >= 11 is 0. The molecule has 3 atom stereocenters. The summed E-state index contributed by atoms with van der Waals surface area (Å²) in [6.45, 7) is 5.95. The SMILES string of the molecule is CC(C)(O)CCc1cccc(C(=O)N2CC3CC(C2)C2CCCC(=O)N2C3)c1. The van der Waals surface area contributed by atoms with Crippen LogP contribution in [0.2, 0.25) is 0 Å². The van der Waals surface area contributed by atoms with Crippen molar-refractivity contribution in [2.45, 2.75) is 64.0 Å². The molecule has 0 saturated carbocycles. The minimum atomic E-state index is -0.701. The van der Waals surface area contributed by atoms with E-state index in [0.717, 1.165) is 56.4 Å². The monoisotopic (exact) mass is 384 g/mol. The first kappa shape index (κ1) is 19.4. The van der Waals surface area contributed by atoms with Crippen LogP contribution in [0.25, 0.3) is 0 Å². The molecule has 0 aromatic heterocycles. The van der Waals surface area contributed by atoms with E-state index in [4.69, 9.17) is 0 Å². The zero-order valence-electron chi connectivity index (χ0n) is 17.1. The number of amides is 2. The minimum absolute atomic E-state index is 0.107. The summed E-state index contributed by atoms with van der Waals surface area (Å²) in [5, 5.41) is 9.96. The number of hydrogen-bond donors (Lipinski definition) is 1. The molecule has 2 amide bonds. The van der Waals surface area contributed by atoms with Crippen molar-refractivity contribution in [3.8, 4) is 0 Å². The Morgan fingerprint density at radius 3 is 2.86 bits per heavy atom. The Bertz CT molecular complexity index is 754. The van der Waals surface area contributed by atoms with Crippen LogP contribution in [-0.4, -0.2) is 58.0 Å². The third-order valence-corrected chi connectivity index (χ3v) is 6.67. The van der Waals surface area contributed by atoms with Crippen LogP contribution in [0.1, 0.15) is 61.9 Å². The van der Waals surface area contributed by atoms with Crippen molar-refractivity contribution in [3.63, 3.8) is 0 Å². The molecule has 28 heavy (non-hydrogen) atoms. The molecule has 1 N–H and O–H groups in total. The summed E-state index contributed by atoms with van der Waals surface area (Å²) < 4.78 is 0. The number of likely N-dealkylation sites (tertiary alicyclic amines) is 1. The summed E-state index contributed by atoms with van der Waals surface area (Å²) in [6, 6.07) is 8.18. The van der Waals surface area contributed by atoms with Gasteiger partial charge in [-0.1, -0.05) is 12.1 Å². The van der Waals surface area contributed by atoms with Crippen LogP contribution in [-0.2, 0) is 11.2 Å². The normalized spacial score (nSPS) is 27.5. The molecule has 3 unspecified atom stereocenters. The van der Waals surface area contributed by atoms with E-state index >= 15 is 0 Å². The van der Waals surface area contributed by atoms with Gasteiger partial charge in [0.15, 0.2) is 0 Å². The van der Waals surface area contributed by atoms with Gasteiger partial charge in [0.2, 0.25) is 5.91 Å². The number of carbonyl (C=O) groups excluding carboxylic acids is 2. The fourth-order valence-corrected chi connectivity index (χ4v) is 5.27. The molecule has 1 aromatic carbocycles. The number of aryl methyl sites for hydroxylation is 1. The topological polar surface area (TPSA) is 60.9 Å². The van der Waals surface area contributed by atoms with Crippen molar-refractivity contribution >= 4 is 11.8 Å². The number of nitrogens with zero attached hydrogens (tertiary/aromatic N) is 2. The van der Waals surface area contributed by atoms with E-state index in [1.165, 1.54) is 0 Å². The Morgan fingerprint density at radius 1 is 1.25 bits per heavy atom. The lowest BCUT2D eigenvalue weighted by Gasteiger charge is -2.52. The summed E-state index contributed by atoms with van der Waals surface area (Å²) in [7, 11) is 0. The van der Waals surface area contributed by atoms with Crippen molar-refractivity contribution in [1.29, 1.82) is 0 Å². The van der Waals surface area contributed by atoms with Gasteiger partial charge in [-0.25, -0.2) is 0 Å². The maximum Gasteiger partial charge on any atom is 0.253 e. The van der Waals surface area contributed by atoms with Crippen molar-refractivity contribution in [3.05, 3.63) is 35.4 Å². The number of benzene rings is 1. The molecule has 2 bridgehead atoms.